The van der Waals surface area contributed by atoms with E-state index >= 15 is 0 Å². The van der Waals surface area contributed by atoms with Crippen LogP contribution in [0.25, 0.3) is 11.3 Å². The summed E-state index contributed by atoms with van der Waals surface area (Å²) in [6.07, 6.45) is 0. The molecular weight excluding hydrogens is 371 g/mol. The Morgan fingerprint density at radius 3 is 2.52 bits per heavy atom. The van der Waals surface area contributed by atoms with Crippen molar-refractivity contribution in [3.63, 3.8) is 0 Å². The molecule has 1 aliphatic heterocycles. The van der Waals surface area contributed by atoms with Gasteiger partial charge in [0.15, 0.2) is 11.5 Å². The lowest BCUT2D eigenvalue weighted by atomic mass is 10.1. The Bertz CT molecular complexity index is 1050. The molecule has 1 fully saturated rings. The summed E-state index contributed by atoms with van der Waals surface area (Å²) in [4.78, 5) is 16.7. The molecule has 2 aromatic carbocycles. The first-order valence-corrected chi connectivity index (χ1v) is 9.36. The summed E-state index contributed by atoms with van der Waals surface area (Å²) < 4.78 is 19.1. The zero-order chi connectivity index (χ0) is 20.2. The highest BCUT2D eigenvalue weighted by Gasteiger charge is 2.25. The first kappa shape index (κ1) is 18.8. The van der Waals surface area contributed by atoms with Gasteiger partial charge in [-0.05, 0) is 29.8 Å². The topological polar surface area (TPSA) is 73.4 Å². The van der Waals surface area contributed by atoms with E-state index < -0.39 is 5.82 Å². The Balaban J connectivity index is 1.35. The average Bonchev–Trinajstić information content (AvgIpc) is 3.25. The molecule has 0 unspecified atom stereocenters. The smallest absolute Gasteiger partial charge is 0.276 e. The second kappa shape index (κ2) is 8.25. The molecule has 0 saturated carbocycles. The molecule has 1 amide bonds. The van der Waals surface area contributed by atoms with E-state index in [2.05, 4.69) is 16.1 Å². The lowest BCUT2D eigenvalue weighted by molar-refractivity contribution is 0.0618. The van der Waals surface area contributed by atoms with Gasteiger partial charge in [0.2, 0.25) is 0 Å². The van der Waals surface area contributed by atoms with Crippen LogP contribution in [0.15, 0.2) is 59.1 Å². The third-order valence-electron chi connectivity index (χ3n) is 5.02. The van der Waals surface area contributed by atoms with Gasteiger partial charge < -0.3 is 9.42 Å². The molecule has 0 spiro atoms. The molecule has 0 bridgehead atoms. The van der Waals surface area contributed by atoms with Gasteiger partial charge in [-0.25, -0.2) is 4.39 Å². The minimum absolute atomic E-state index is 0.184. The Kier molecular flexibility index (Phi) is 5.36. The average molecular weight is 390 g/mol. The van der Waals surface area contributed by atoms with Crippen LogP contribution in [0.5, 0.6) is 0 Å². The predicted molar refractivity (Wildman–Crippen MR) is 104 cm³/mol. The van der Waals surface area contributed by atoms with E-state index in [1.807, 2.05) is 24.3 Å². The zero-order valence-electron chi connectivity index (χ0n) is 15.7. The Morgan fingerprint density at radius 1 is 1.10 bits per heavy atom. The van der Waals surface area contributed by atoms with E-state index in [0.717, 1.165) is 25.2 Å². The highest BCUT2D eigenvalue weighted by atomic mass is 19.1. The standard InChI is InChI=1S/C22H19FN4O2/c23-19-4-2-1-3-18(19)21-13-20(25-29-21)22(28)27-11-9-26(10-12-27)15-17-7-5-16(14-24)6-8-17/h1-8,13H,9-12,15H2. The van der Waals surface area contributed by atoms with Crippen LogP contribution in [0.4, 0.5) is 4.39 Å². The predicted octanol–water partition coefficient (Wildman–Crippen LogP) is 3.31. The minimum Gasteiger partial charge on any atom is -0.355 e. The molecule has 2 heterocycles. The number of piperazine rings is 1. The fourth-order valence-corrected chi connectivity index (χ4v) is 3.38. The first-order chi connectivity index (χ1) is 14.1. The number of hydrogen-bond donors (Lipinski definition) is 0. The highest BCUT2D eigenvalue weighted by Crippen LogP contribution is 2.24. The van der Waals surface area contributed by atoms with Crippen molar-refractivity contribution >= 4 is 5.91 Å². The number of carbonyl (C=O) groups excluding carboxylic acids is 1. The van der Waals surface area contributed by atoms with Gasteiger partial charge in [0.1, 0.15) is 5.82 Å². The number of nitrogens with zero attached hydrogens (tertiary/aromatic N) is 4. The third-order valence-corrected chi connectivity index (χ3v) is 5.02. The van der Waals surface area contributed by atoms with Gasteiger partial charge in [0.05, 0.1) is 17.2 Å². The van der Waals surface area contributed by atoms with Crippen LogP contribution in [0.1, 0.15) is 21.6 Å². The van der Waals surface area contributed by atoms with Crippen LogP contribution in [0, 0.1) is 17.1 Å². The van der Waals surface area contributed by atoms with E-state index in [-0.39, 0.29) is 22.9 Å². The molecule has 146 valence electrons. The summed E-state index contributed by atoms with van der Waals surface area (Å²) in [5.41, 5.74) is 2.25. The maximum absolute atomic E-state index is 13.9. The minimum atomic E-state index is -0.418. The van der Waals surface area contributed by atoms with E-state index in [1.165, 1.54) is 12.1 Å². The summed E-state index contributed by atoms with van der Waals surface area (Å²) in [5, 5.41) is 12.7. The number of nitriles is 1. The molecular formula is C22H19FN4O2. The molecule has 29 heavy (non-hydrogen) atoms. The molecule has 0 atom stereocenters. The largest absolute Gasteiger partial charge is 0.355 e. The van der Waals surface area contributed by atoms with Gasteiger partial charge >= 0.3 is 0 Å². The summed E-state index contributed by atoms with van der Waals surface area (Å²) in [6.45, 7) is 3.41. The van der Waals surface area contributed by atoms with Crippen molar-refractivity contribution in [1.29, 1.82) is 5.26 Å². The van der Waals surface area contributed by atoms with Crippen molar-refractivity contribution in [2.24, 2.45) is 0 Å². The SMILES string of the molecule is N#Cc1ccc(CN2CCN(C(=O)c3cc(-c4ccccc4F)on3)CC2)cc1. The molecule has 3 aromatic rings. The number of aromatic nitrogens is 1. The fourth-order valence-electron chi connectivity index (χ4n) is 3.38. The summed E-state index contributed by atoms with van der Waals surface area (Å²) in [5.74, 6) is -0.390. The zero-order valence-corrected chi connectivity index (χ0v) is 15.7. The number of amides is 1. The molecule has 1 aromatic heterocycles. The van der Waals surface area contributed by atoms with Gasteiger partial charge in [-0.15, -0.1) is 0 Å². The van der Waals surface area contributed by atoms with Crippen molar-refractivity contribution in [1.82, 2.24) is 15.0 Å². The summed E-state index contributed by atoms with van der Waals surface area (Å²) in [6, 6.07) is 17.4. The van der Waals surface area contributed by atoms with Crippen LogP contribution in [-0.2, 0) is 6.54 Å². The second-order valence-electron chi connectivity index (χ2n) is 6.93. The summed E-state index contributed by atoms with van der Waals surface area (Å²) >= 11 is 0. The van der Waals surface area contributed by atoms with Crippen LogP contribution in [0.2, 0.25) is 0 Å². The highest BCUT2D eigenvalue weighted by molar-refractivity contribution is 5.93. The van der Waals surface area contributed by atoms with Crippen molar-refractivity contribution in [3.8, 4) is 17.4 Å². The first-order valence-electron chi connectivity index (χ1n) is 9.36. The summed E-state index contributed by atoms with van der Waals surface area (Å²) in [7, 11) is 0. The maximum Gasteiger partial charge on any atom is 0.276 e. The number of benzene rings is 2. The quantitative estimate of drug-likeness (QED) is 0.683. The molecule has 0 N–H and O–H groups in total. The van der Waals surface area contributed by atoms with Crippen molar-refractivity contribution < 1.29 is 13.7 Å². The van der Waals surface area contributed by atoms with Gasteiger partial charge in [-0.1, -0.05) is 29.4 Å². The fraction of sp³-hybridized carbons (Fsp3) is 0.227. The van der Waals surface area contributed by atoms with E-state index in [0.29, 0.717) is 18.7 Å². The molecule has 4 rings (SSSR count). The number of hydrogen-bond acceptors (Lipinski definition) is 5. The molecule has 0 radical (unpaired) electrons. The Labute approximate surface area is 167 Å². The normalized spacial score (nSPS) is 14.6. The molecule has 0 aliphatic carbocycles. The Morgan fingerprint density at radius 2 is 1.83 bits per heavy atom. The molecule has 1 saturated heterocycles. The monoisotopic (exact) mass is 390 g/mol. The second-order valence-corrected chi connectivity index (χ2v) is 6.93. The molecule has 7 heteroatoms. The van der Waals surface area contributed by atoms with Gasteiger partial charge in [-0.2, -0.15) is 5.26 Å². The van der Waals surface area contributed by atoms with Gasteiger partial charge in [0, 0.05) is 38.8 Å². The lowest BCUT2D eigenvalue weighted by Gasteiger charge is -2.34. The van der Waals surface area contributed by atoms with E-state index in [9.17, 15) is 9.18 Å². The van der Waals surface area contributed by atoms with E-state index in [1.54, 1.807) is 23.1 Å². The maximum atomic E-state index is 13.9. The number of carbonyl (C=O) groups is 1. The van der Waals surface area contributed by atoms with Crippen LogP contribution < -0.4 is 0 Å². The van der Waals surface area contributed by atoms with Crippen LogP contribution in [-0.4, -0.2) is 47.0 Å². The molecule has 6 nitrogen and oxygen atoms in total. The third kappa shape index (κ3) is 4.18. The van der Waals surface area contributed by atoms with Crippen molar-refractivity contribution in [2.75, 3.05) is 26.2 Å². The van der Waals surface area contributed by atoms with Gasteiger partial charge in [0.25, 0.3) is 5.91 Å². The molecule has 1 aliphatic rings. The number of halogens is 1. The van der Waals surface area contributed by atoms with Gasteiger partial charge in [-0.3, -0.25) is 9.69 Å². The van der Waals surface area contributed by atoms with Crippen LogP contribution in [0.3, 0.4) is 0 Å². The van der Waals surface area contributed by atoms with Crippen molar-refractivity contribution in [2.45, 2.75) is 6.54 Å². The van der Waals surface area contributed by atoms with Crippen molar-refractivity contribution in [3.05, 3.63) is 77.2 Å². The van der Waals surface area contributed by atoms with E-state index in [4.69, 9.17) is 9.78 Å². The lowest BCUT2D eigenvalue weighted by Crippen LogP contribution is -2.48. The van der Waals surface area contributed by atoms with Crippen LogP contribution >= 0.6 is 0 Å². The Hall–Kier alpha value is -3.50. The number of rotatable bonds is 4.